The summed E-state index contributed by atoms with van der Waals surface area (Å²) in [4.78, 5) is 16.3. The molecule has 1 heterocycles. The Hall–Kier alpha value is -2.60. The third kappa shape index (κ3) is 5.46. The molecule has 0 aliphatic rings. The molecule has 1 N–H and O–H groups in total. The first-order chi connectivity index (χ1) is 12.7. The second kappa shape index (κ2) is 9.20. The van der Waals surface area contributed by atoms with Gasteiger partial charge in [0.25, 0.3) is 0 Å². The average molecular weight is 367 g/mol. The molecule has 0 aliphatic carbocycles. The van der Waals surface area contributed by atoms with Crippen molar-refractivity contribution in [2.45, 2.75) is 25.6 Å². The molecule has 0 atom stereocenters. The second-order valence-electron chi connectivity index (χ2n) is 5.95. The molecule has 1 aromatic heterocycles. The van der Waals surface area contributed by atoms with Crippen molar-refractivity contribution >= 4 is 17.7 Å². The van der Waals surface area contributed by atoms with E-state index in [-0.39, 0.29) is 12.5 Å². The molecule has 2 aromatic carbocycles. The summed E-state index contributed by atoms with van der Waals surface area (Å²) in [6.45, 7) is 2.27. The number of amides is 1. The molecule has 3 rings (SSSR count). The number of rotatable bonds is 8. The molecular formula is C20H21N3O2S. The normalized spacial score (nSPS) is 10.7. The summed E-state index contributed by atoms with van der Waals surface area (Å²) >= 11 is 1.75. The summed E-state index contributed by atoms with van der Waals surface area (Å²) in [7, 11) is 0. The van der Waals surface area contributed by atoms with E-state index >= 15 is 0 Å². The average Bonchev–Trinajstić information content (AvgIpc) is 3.14. The molecule has 3 aromatic rings. The molecule has 0 fully saturated rings. The molecule has 0 unspecified atom stereocenters. The van der Waals surface area contributed by atoms with Crippen LogP contribution in [0.1, 0.15) is 23.4 Å². The van der Waals surface area contributed by atoms with E-state index in [1.165, 1.54) is 5.56 Å². The molecule has 0 saturated heterocycles. The second-order valence-corrected chi connectivity index (χ2v) is 7.05. The van der Waals surface area contributed by atoms with Crippen LogP contribution in [0.25, 0.3) is 11.4 Å². The molecule has 26 heavy (non-hydrogen) atoms. The lowest BCUT2D eigenvalue weighted by Crippen LogP contribution is -2.23. The van der Waals surface area contributed by atoms with Crippen molar-refractivity contribution in [3.63, 3.8) is 0 Å². The van der Waals surface area contributed by atoms with Gasteiger partial charge in [0.05, 0.1) is 6.54 Å². The van der Waals surface area contributed by atoms with Crippen molar-refractivity contribution in [1.82, 2.24) is 15.5 Å². The van der Waals surface area contributed by atoms with E-state index in [9.17, 15) is 4.79 Å². The molecule has 0 aliphatic heterocycles. The van der Waals surface area contributed by atoms with Crippen LogP contribution in [-0.4, -0.2) is 21.8 Å². The van der Waals surface area contributed by atoms with Gasteiger partial charge in [0.15, 0.2) is 0 Å². The summed E-state index contributed by atoms with van der Waals surface area (Å²) in [5.41, 5.74) is 3.31. The van der Waals surface area contributed by atoms with Gasteiger partial charge >= 0.3 is 0 Å². The number of aryl methyl sites for hydroxylation is 1. The Labute approximate surface area is 157 Å². The molecular weight excluding hydrogens is 346 g/mol. The SMILES string of the molecule is Cc1cccc(-c2noc(CNC(=O)CCSCc3ccccc3)n2)c1. The predicted molar refractivity (Wildman–Crippen MR) is 104 cm³/mol. The number of thioether (sulfide) groups is 1. The van der Waals surface area contributed by atoms with Crippen LogP contribution in [0.5, 0.6) is 0 Å². The molecule has 134 valence electrons. The van der Waals surface area contributed by atoms with Crippen LogP contribution in [0.4, 0.5) is 0 Å². The van der Waals surface area contributed by atoms with Crippen LogP contribution in [0.2, 0.25) is 0 Å². The Morgan fingerprint density at radius 2 is 2.00 bits per heavy atom. The molecule has 0 bridgehead atoms. The first kappa shape index (κ1) is 18.2. The highest BCUT2D eigenvalue weighted by Crippen LogP contribution is 2.17. The van der Waals surface area contributed by atoms with Gasteiger partial charge in [0, 0.05) is 23.5 Å². The molecule has 0 spiro atoms. The van der Waals surface area contributed by atoms with Crippen molar-refractivity contribution in [3.05, 3.63) is 71.6 Å². The van der Waals surface area contributed by atoms with Crippen LogP contribution in [-0.2, 0) is 17.1 Å². The summed E-state index contributed by atoms with van der Waals surface area (Å²) in [5, 5.41) is 6.80. The number of hydrogen-bond donors (Lipinski definition) is 1. The van der Waals surface area contributed by atoms with Gasteiger partial charge in [-0.15, -0.1) is 0 Å². The largest absolute Gasteiger partial charge is 0.347 e. The highest BCUT2D eigenvalue weighted by molar-refractivity contribution is 7.98. The highest BCUT2D eigenvalue weighted by atomic mass is 32.2. The number of carbonyl (C=O) groups excluding carboxylic acids is 1. The maximum atomic E-state index is 11.9. The first-order valence-corrected chi connectivity index (χ1v) is 9.64. The third-order valence-electron chi connectivity index (χ3n) is 3.77. The van der Waals surface area contributed by atoms with Crippen LogP contribution in [0.3, 0.4) is 0 Å². The van der Waals surface area contributed by atoms with E-state index in [4.69, 9.17) is 4.52 Å². The zero-order valence-electron chi connectivity index (χ0n) is 14.6. The van der Waals surface area contributed by atoms with E-state index < -0.39 is 0 Å². The predicted octanol–water partition coefficient (Wildman–Crippen LogP) is 3.98. The molecule has 0 radical (unpaired) electrons. The Kier molecular flexibility index (Phi) is 6.44. The smallest absolute Gasteiger partial charge is 0.246 e. The van der Waals surface area contributed by atoms with Crippen molar-refractivity contribution < 1.29 is 9.32 Å². The number of nitrogens with one attached hydrogen (secondary N) is 1. The van der Waals surface area contributed by atoms with Gasteiger partial charge in [-0.05, 0) is 18.6 Å². The van der Waals surface area contributed by atoms with Crippen molar-refractivity contribution in [2.75, 3.05) is 5.75 Å². The quantitative estimate of drug-likeness (QED) is 0.610. The zero-order chi connectivity index (χ0) is 18.2. The minimum atomic E-state index is -0.0131. The van der Waals surface area contributed by atoms with Crippen molar-refractivity contribution in [3.8, 4) is 11.4 Å². The fourth-order valence-corrected chi connectivity index (χ4v) is 3.32. The summed E-state index contributed by atoms with van der Waals surface area (Å²) in [6.07, 6.45) is 0.469. The summed E-state index contributed by atoms with van der Waals surface area (Å²) in [5.74, 6) is 2.63. The Morgan fingerprint density at radius 1 is 1.15 bits per heavy atom. The van der Waals surface area contributed by atoms with Crippen LogP contribution < -0.4 is 5.32 Å². The first-order valence-electron chi connectivity index (χ1n) is 8.49. The summed E-state index contributed by atoms with van der Waals surface area (Å²) in [6, 6.07) is 18.1. The number of hydrogen-bond acceptors (Lipinski definition) is 5. The fourth-order valence-electron chi connectivity index (χ4n) is 2.42. The van der Waals surface area contributed by atoms with Crippen LogP contribution in [0.15, 0.2) is 59.1 Å². The Bertz CT molecular complexity index is 849. The van der Waals surface area contributed by atoms with Crippen LogP contribution in [0, 0.1) is 6.92 Å². The maximum Gasteiger partial charge on any atom is 0.246 e. The molecule has 5 nitrogen and oxygen atoms in total. The number of benzene rings is 2. The molecule has 6 heteroatoms. The van der Waals surface area contributed by atoms with Gasteiger partial charge in [-0.1, -0.05) is 59.3 Å². The van der Waals surface area contributed by atoms with Gasteiger partial charge in [-0.3, -0.25) is 4.79 Å². The minimum Gasteiger partial charge on any atom is -0.347 e. The minimum absolute atomic E-state index is 0.0131. The van der Waals surface area contributed by atoms with Crippen molar-refractivity contribution in [1.29, 1.82) is 0 Å². The summed E-state index contributed by atoms with van der Waals surface area (Å²) < 4.78 is 5.21. The lowest BCUT2D eigenvalue weighted by molar-refractivity contribution is -0.120. The van der Waals surface area contributed by atoms with E-state index in [0.29, 0.717) is 18.1 Å². The fraction of sp³-hybridized carbons (Fsp3) is 0.250. The van der Waals surface area contributed by atoms with Crippen LogP contribution >= 0.6 is 11.8 Å². The molecule has 1 amide bonds. The maximum absolute atomic E-state index is 11.9. The van der Waals surface area contributed by atoms with Gasteiger partial charge in [0.1, 0.15) is 0 Å². The van der Waals surface area contributed by atoms with Gasteiger partial charge in [0.2, 0.25) is 17.6 Å². The van der Waals surface area contributed by atoms with E-state index in [1.54, 1.807) is 11.8 Å². The monoisotopic (exact) mass is 367 g/mol. The highest BCUT2D eigenvalue weighted by Gasteiger charge is 2.10. The standard InChI is InChI=1S/C20H21N3O2S/c1-15-6-5-9-17(12-15)20-22-19(25-23-20)13-21-18(24)10-11-26-14-16-7-3-2-4-8-16/h2-9,12H,10-11,13-14H2,1H3,(H,21,24). The van der Waals surface area contributed by atoms with E-state index in [0.717, 1.165) is 22.6 Å². The van der Waals surface area contributed by atoms with Gasteiger partial charge < -0.3 is 9.84 Å². The number of carbonyl (C=O) groups is 1. The van der Waals surface area contributed by atoms with E-state index in [2.05, 4.69) is 27.6 Å². The van der Waals surface area contributed by atoms with E-state index in [1.807, 2.05) is 49.4 Å². The molecule has 0 saturated carbocycles. The number of aromatic nitrogens is 2. The van der Waals surface area contributed by atoms with Gasteiger partial charge in [-0.25, -0.2) is 0 Å². The zero-order valence-corrected chi connectivity index (χ0v) is 15.5. The lowest BCUT2D eigenvalue weighted by atomic mass is 10.1. The third-order valence-corrected chi connectivity index (χ3v) is 4.80. The Balaban J connectivity index is 1.39. The topological polar surface area (TPSA) is 68.0 Å². The van der Waals surface area contributed by atoms with Gasteiger partial charge in [-0.2, -0.15) is 16.7 Å². The lowest BCUT2D eigenvalue weighted by Gasteiger charge is -2.03. The Morgan fingerprint density at radius 3 is 2.81 bits per heavy atom. The number of nitrogens with zero attached hydrogens (tertiary/aromatic N) is 2. The van der Waals surface area contributed by atoms with Crippen molar-refractivity contribution in [2.24, 2.45) is 0 Å².